The van der Waals surface area contributed by atoms with E-state index in [0.717, 1.165) is 16.9 Å². The molecule has 1 rings (SSSR count). The number of urea groups is 2. The van der Waals surface area contributed by atoms with Crippen molar-refractivity contribution >= 4 is 18.0 Å². The van der Waals surface area contributed by atoms with Crippen LogP contribution in [0.3, 0.4) is 0 Å². The Bertz CT molecular complexity index is 590. The fraction of sp³-hybridized carbons (Fsp3) is 0.526. The molecular formula is C19H29N3O4. The molecule has 0 fully saturated rings. The number of imide groups is 2. The van der Waals surface area contributed by atoms with Gasteiger partial charge in [-0.15, -0.1) is 5.06 Å². The average molecular weight is 363 g/mol. The zero-order chi connectivity index (χ0) is 19.5. The Balaban J connectivity index is 2.63. The Hall–Kier alpha value is -2.41. The van der Waals surface area contributed by atoms with E-state index in [2.05, 4.69) is 5.32 Å². The largest absolute Gasteiger partial charge is 0.359 e. The molecule has 0 aliphatic heterocycles. The number of hydroxylamine groups is 2. The van der Waals surface area contributed by atoms with Crippen LogP contribution in [0.4, 0.5) is 9.59 Å². The van der Waals surface area contributed by atoms with Crippen LogP contribution in [0.1, 0.15) is 52.0 Å². The lowest BCUT2D eigenvalue weighted by Crippen LogP contribution is -2.50. The molecule has 0 bridgehead atoms. The lowest BCUT2D eigenvalue weighted by Gasteiger charge is -2.24. The Morgan fingerprint density at radius 2 is 1.81 bits per heavy atom. The van der Waals surface area contributed by atoms with Gasteiger partial charge in [-0.05, 0) is 24.3 Å². The standard InChI is InChI=1S/C19H29N3O4/c1-4-13-21(18(24)20-14-16-10-6-5-7-11-16)19(25)22(26)17(23)12-8-9-15(2)3/h5-7,10-11,15,26H,4,8-9,12-14H2,1-3H3,(H,20,24). The van der Waals surface area contributed by atoms with E-state index in [0.29, 0.717) is 18.8 Å². The van der Waals surface area contributed by atoms with Gasteiger partial charge in [0.25, 0.3) is 5.91 Å². The van der Waals surface area contributed by atoms with Gasteiger partial charge >= 0.3 is 12.1 Å². The molecule has 0 atom stereocenters. The monoisotopic (exact) mass is 363 g/mol. The zero-order valence-corrected chi connectivity index (χ0v) is 15.8. The van der Waals surface area contributed by atoms with Crippen molar-refractivity contribution in [3.63, 3.8) is 0 Å². The van der Waals surface area contributed by atoms with E-state index in [1.807, 2.05) is 44.2 Å². The van der Waals surface area contributed by atoms with Crippen LogP contribution in [0.2, 0.25) is 0 Å². The van der Waals surface area contributed by atoms with Gasteiger partial charge in [0.15, 0.2) is 0 Å². The maximum absolute atomic E-state index is 12.3. The van der Waals surface area contributed by atoms with Gasteiger partial charge in [0.05, 0.1) is 0 Å². The molecule has 7 nitrogen and oxygen atoms in total. The molecule has 26 heavy (non-hydrogen) atoms. The number of hydrogen-bond acceptors (Lipinski definition) is 4. The van der Waals surface area contributed by atoms with Crippen LogP contribution in [-0.4, -0.2) is 39.7 Å². The maximum atomic E-state index is 12.3. The summed E-state index contributed by atoms with van der Waals surface area (Å²) in [5.41, 5.74) is 0.885. The third-order valence-corrected chi connectivity index (χ3v) is 3.80. The van der Waals surface area contributed by atoms with Crippen LogP contribution < -0.4 is 5.32 Å². The quantitative estimate of drug-likeness (QED) is 0.543. The molecule has 0 aliphatic rings. The first kappa shape index (κ1) is 21.6. The molecule has 2 N–H and O–H groups in total. The lowest BCUT2D eigenvalue weighted by atomic mass is 10.1. The van der Waals surface area contributed by atoms with Crippen molar-refractivity contribution in [1.29, 1.82) is 0 Å². The highest BCUT2D eigenvalue weighted by Crippen LogP contribution is 2.09. The Kier molecular flexibility index (Phi) is 9.36. The number of amides is 5. The van der Waals surface area contributed by atoms with Gasteiger partial charge in [-0.2, -0.15) is 0 Å². The van der Waals surface area contributed by atoms with Crippen LogP contribution in [0.15, 0.2) is 30.3 Å². The fourth-order valence-electron chi connectivity index (χ4n) is 2.37. The summed E-state index contributed by atoms with van der Waals surface area (Å²) in [5.74, 6) is -0.265. The van der Waals surface area contributed by atoms with E-state index in [-0.39, 0.29) is 24.6 Å². The SMILES string of the molecule is CCCN(C(=O)NCc1ccccc1)C(=O)N(O)C(=O)CCCC(C)C. The van der Waals surface area contributed by atoms with Crippen molar-refractivity contribution in [2.24, 2.45) is 5.92 Å². The van der Waals surface area contributed by atoms with Gasteiger partial charge in [0.2, 0.25) is 0 Å². The molecule has 1 aromatic rings. The number of nitrogens with zero attached hydrogens (tertiary/aromatic N) is 2. The first-order chi connectivity index (χ1) is 12.4. The molecule has 0 aromatic heterocycles. The normalized spacial score (nSPS) is 10.5. The van der Waals surface area contributed by atoms with E-state index >= 15 is 0 Å². The Morgan fingerprint density at radius 3 is 2.38 bits per heavy atom. The summed E-state index contributed by atoms with van der Waals surface area (Å²) >= 11 is 0. The first-order valence-corrected chi connectivity index (χ1v) is 9.01. The van der Waals surface area contributed by atoms with Gasteiger partial charge < -0.3 is 5.32 Å². The number of benzene rings is 1. The van der Waals surface area contributed by atoms with Crippen molar-refractivity contribution in [2.75, 3.05) is 6.54 Å². The van der Waals surface area contributed by atoms with E-state index in [9.17, 15) is 19.6 Å². The highest BCUT2D eigenvalue weighted by molar-refractivity contribution is 6.00. The lowest BCUT2D eigenvalue weighted by molar-refractivity contribution is -0.154. The molecule has 0 aliphatic carbocycles. The van der Waals surface area contributed by atoms with E-state index in [1.54, 1.807) is 6.92 Å². The average Bonchev–Trinajstić information content (AvgIpc) is 2.63. The summed E-state index contributed by atoms with van der Waals surface area (Å²) in [5, 5.41) is 12.6. The minimum atomic E-state index is -1.02. The number of carbonyl (C=O) groups is 3. The second kappa shape index (κ2) is 11.3. The highest BCUT2D eigenvalue weighted by Gasteiger charge is 2.28. The van der Waals surface area contributed by atoms with Crippen LogP contribution in [0, 0.1) is 5.92 Å². The third kappa shape index (κ3) is 7.23. The molecule has 0 saturated carbocycles. The van der Waals surface area contributed by atoms with Crippen molar-refractivity contribution in [3.8, 4) is 0 Å². The highest BCUT2D eigenvalue weighted by atomic mass is 16.5. The van der Waals surface area contributed by atoms with Crippen LogP contribution in [-0.2, 0) is 11.3 Å². The summed E-state index contributed by atoms with van der Waals surface area (Å²) < 4.78 is 0. The zero-order valence-electron chi connectivity index (χ0n) is 15.8. The number of carbonyl (C=O) groups excluding carboxylic acids is 3. The summed E-state index contributed by atoms with van der Waals surface area (Å²) in [6.45, 7) is 6.23. The molecule has 0 heterocycles. The van der Waals surface area contributed by atoms with Gasteiger partial charge in [-0.1, -0.05) is 57.5 Å². The molecule has 0 radical (unpaired) electrons. The van der Waals surface area contributed by atoms with Crippen LogP contribution in [0.5, 0.6) is 0 Å². The predicted molar refractivity (Wildman–Crippen MR) is 98.4 cm³/mol. The molecular weight excluding hydrogens is 334 g/mol. The fourth-order valence-corrected chi connectivity index (χ4v) is 2.37. The molecule has 0 spiro atoms. The second-order valence-electron chi connectivity index (χ2n) is 6.57. The first-order valence-electron chi connectivity index (χ1n) is 9.01. The molecule has 5 amide bonds. The molecule has 0 unspecified atom stereocenters. The van der Waals surface area contributed by atoms with Crippen molar-refractivity contribution in [1.82, 2.24) is 15.3 Å². The van der Waals surface area contributed by atoms with Crippen LogP contribution in [0.25, 0.3) is 0 Å². The molecule has 0 saturated heterocycles. The molecule has 7 heteroatoms. The van der Waals surface area contributed by atoms with Gasteiger partial charge in [0.1, 0.15) is 0 Å². The summed E-state index contributed by atoms with van der Waals surface area (Å²) in [7, 11) is 0. The van der Waals surface area contributed by atoms with E-state index in [4.69, 9.17) is 0 Å². The van der Waals surface area contributed by atoms with Crippen molar-refractivity contribution in [3.05, 3.63) is 35.9 Å². The minimum absolute atomic E-state index is 0.0537. The Labute approximate surface area is 154 Å². The summed E-state index contributed by atoms with van der Waals surface area (Å²) in [6, 6.07) is 7.60. The second-order valence-corrected chi connectivity index (χ2v) is 6.57. The van der Waals surface area contributed by atoms with Crippen LogP contribution >= 0.6 is 0 Å². The summed E-state index contributed by atoms with van der Waals surface area (Å²) in [4.78, 5) is 37.5. The number of nitrogens with one attached hydrogen (secondary N) is 1. The molecule has 144 valence electrons. The number of hydrogen-bond donors (Lipinski definition) is 2. The Morgan fingerprint density at radius 1 is 1.15 bits per heavy atom. The van der Waals surface area contributed by atoms with Gasteiger partial charge in [0, 0.05) is 19.5 Å². The maximum Gasteiger partial charge on any atom is 0.359 e. The van der Waals surface area contributed by atoms with Crippen molar-refractivity contribution in [2.45, 2.75) is 53.0 Å². The minimum Gasteiger partial charge on any atom is -0.333 e. The van der Waals surface area contributed by atoms with Gasteiger partial charge in [-0.3, -0.25) is 10.0 Å². The van der Waals surface area contributed by atoms with Gasteiger partial charge in [-0.25, -0.2) is 14.5 Å². The number of rotatable bonds is 8. The van der Waals surface area contributed by atoms with E-state index < -0.39 is 18.0 Å². The van der Waals surface area contributed by atoms with E-state index in [1.165, 1.54) is 0 Å². The van der Waals surface area contributed by atoms with Crippen molar-refractivity contribution < 1.29 is 19.6 Å². The third-order valence-electron chi connectivity index (χ3n) is 3.80. The summed E-state index contributed by atoms with van der Waals surface area (Å²) in [6.07, 6.45) is 1.98. The topological polar surface area (TPSA) is 90.0 Å². The molecule has 1 aromatic carbocycles. The predicted octanol–water partition coefficient (Wildman–Crippen LogP) is 3.77. The smallest absolute Gasteiger partial charge is 0.333 e.